The maximum absolute atomic E-state index is 11.7. The first-order valence-electron chi connectivity index (χ1n) is 6.17. The number of thioether (sulfide) groups is 1. The van der Waals surface area contributed by atoms with Crippen LogP contribution in [0.5, 0.6) is 11.5 Å². The van der Waals surface area contributed by atoms with E-state index in [0.717, 1.165) is 0 Å². The average molecular weight is 298 g/mol. The standard InChI is InChI=1S/C14H18O5S/c1-4-5-12(15)19-13-10(8-20-3)6-9(14(16)17)7-11(13)18-2/h6-7H,4-5,8H2,1-3H3,(H,16,17). The van der Waals surface area contributed by atoms with Crippen LogP contribution in [0.1, 0.15) is 35.7 Å². The highest BCUT2D eigenvalue weighted by Crippen LogP contribution is 2.35. The quantitative estimate of drug-likeness (QED) is 0.616. The van der Waals surface area contributed by atoms with Crippen molar-refractivity contribution in [2.75, 3.05) is 13.4 Å². The van der Waals surface area contributed by atoms with Crippen molar-refractivity contribution in [2.45, 2.75) is 25.5 Å². The van der Waals surface area contributed by atoms with E-state index in [2.05, 4.69) is 0 Å². The Hall–Kier alpha value is -1.69. The summed E-state index contributed by atoms with van der Waals surface area (Å²) in [5, 5.41) is 9.08. The van der Waals surface area contributed by atoms with Gasteiger partial charge >= 0.3 is 11.9 Å². The fourth-order valence-corrected chi connectivity index (χ4v) is 2.21. The molecule has 1 N–H and O–H groups in total. The first kappa shape index (κ1) is 16.4. The third-order valence-electron chi connectivity index (χ3n) is 2.57. The summed E-state index contributed by atoms with van der Waals surface area (Å²) in [5.41, 5.74) is 0.750. The van der Waals surface area contributed by atoms with Crippen LogP contribution < -0.4 is 9.47 Å². The number of esters is 1. The topological polar surface area (TPSA) is 72.8 Å². The van der Waals surface area contributed by atoms with Gasteiger partial charge < -0.3 is 14.6 Å². The van der Waals surface area contributed by atoms with Crippen LogP contribution in [-0.4, -0.2) is 30.4 Å². The van der Waals surface area contributed by atoms with Crippen molar-refractivity contribution in [3.05, 3.63) is 23.3 Å². The molecule has 0 bridgehead atoms. The Morgan fingerprint density at radius 3 is 2.55 bits per heavy atom. The molecule has 0 aliphatic carbocycles. The molecule has 0 spiro atoms. The van der Waals surface area contributed by atoms with Crippen molar-refractivity contribution in [1.82, 2.24) is 0 Å². The summed E-state index contributed by atoms with van der Waals surface area (Å²) in [5.74, 6) is -0.288. The lowest BCUT2D eigenvalue weighted by atomic mass is 10.1. The summed E-state index contributed by atoms with van der Waals surface area (Å²) in [6.07, 6.45) is 2.88. The molecule has 110 valence electrons. The number of carbonyl (C=O) groups is 2. The predicted molar refractivity (Wildman–Crippen MR) is 77.7 cm³/mol. The molecule has 0 saturated carbocycles. The largest absolute Gasteiger partial charge is 0.493 e. The summed E-state index contributed by atoms with van der Waals surface area (Å²) >= 11 is 1.51. The summed E-state index contributed by atoms with van der Waals surface area (Å²) < 4.78 is 10.5. The number of carboxylic acid groups (broad SMARTS) is 1. The minimum Gasteiger partial charge on any atom is -0.493 e. The highest BCUT2D eigenvalue weighted by Gasteiger charge is 2.18. The third kappa shape index (κ3) is 4.16. The van der Waals surface area contributed by atoms with Crippen LogP contribution in [0.25, 0.3) is 0 Å². The van der Waals surface area contributed by atoms with Crippen LogP contribution in [0, 0.1) is 0 Å². The summed E-state index contributed by atoms with van der Waals surface area (Å²) in [6, 6.07) is 2.87. The van der Waals surface area contributed by atoms with Gasteiger partial charge in [-0.2, -0.15) is 11.8 Å². The van der Waals surface area contributed by atoms with E-state index in [-0.39, 0.29) is 17.3 Å². The molecule has 0 amide bonds. The molecule has 0 saturated heterocycles. The number of ether oxygens (including phenoxy) is 2. The predicted octanol–water partition coefficient (Wildman–Crippen LogP) is 2.96. The molecule has 5 nitrogen and oxygen atoms in total. The van der Waals surface area contributed by atoms with Gasteiger partial charge in [-0.1, -0.05) is 6.92 Å². The third-order valence-corrected chi connectivity index (χ3v) is 3.17. The molecule has 0 aliphatic heterocycles. The van der Waals surface area contributed by atoms with Crippen molar-refractivity contribution < 1.29 is 24.2 Å². The van der Waals surface area contributed by atoms with E-state index in [9.17, 15) is 9.59 Å². The second-order valence-electron chi connectivity index (χ2n) is 4.13. The summed E-state index contributed by atoms with van der Waals surface area (Å²) in [6.45, 7) is 1.88. The van der Waals surface area contributed by atoms with Gasteiger partial charge in [-0.3, -0.25) is 4.79 Å². The molecule has 6 heteroatoms. The van der Waals surface area contributed by atoms with Gasteiger partial charge in [-0.25, -0.2) is 4.79 Å². The lowest BCUT2D eigenvalue weighted by Crippen LogP contribution is -2.10. The Balaban J connectivity index is 3.23. The van der Waals surface area contributed by atoms with Crippen molar-refractivity contribution in [3.63, 3.8) is 0 Å². The molecule has 0 aromatic heterocycles. The van der Waals surface area contributed by atoms with Gasteiger partial charge in [-0.15, -0.1) is 0 Å². The smallest absolute Gasteiger partial charge is 0.335 e. The van der Waals surface area contributed by atoms with Crippen molar-refractivity contribution in [3.8, 4) is 11.5 Å². The van der Waals surface area contributed by atoms with Crippen LogP contribution in [0.2, 0.25) is 0 Å². The monoisotopic (exact) mass is 298 g/mol. The van der Waals surface area contributed by atoms with E-state index < -0.39 is 5.97 Å². The van der Waals surface area contributed by atoms with Gasteiger partial charge in [0.2, 0.25) is 0 Å². The Morgan fingerprint density at radius 2 is 2.05 bits per heavy atom. The highest BCUT2D eigenvalue weighted by atomic mass is 32.2. The van der Waals surface area contributed by atoms with Gasteiger partial charge in [0, 0.05) is 17.7 Å². The van der Waals surface area contributed by atoms with Gasteiger partial charge in [0.15, 0.2) is 11.5 Å². The lowest BCUT2D eigenvalue weighted by Gasteiger charge is -2.14. The first-order valence-corrected chi connectivity index (χ1v) is 7.56. The number of carboxylic acids is 1. The molecule has 0 radical (unpaired) electrons. The van der Waals surface area contributed by atoms with Gasteiger partial charge in [0.1, 0.15) is 0 Å². The minimum absolute atomic E-state index is 0.112. The van der Waals surface area contributed by atoms with Crippen LogP contribution in [0.4, 0.5) is 0 Å². The van der Waals surface area contributed by atoms with E-state index >= 15 is 0 Å². The van der Waals surface area contributed by atoms with Crippen LogP contribution >= 0.6 is 11.8 Å². The second-order valence-corrected chi connectivity index (χ2v) is 5.00. The molecule has 1 aromatic carbocycles. The number of rotatable bonds is 7. The Labute approximate surface area is 122 Å². The number of methoxy groups -OCH3 is 1. The summed E-state index contributed by atoms with van der Waals surface area (Å²) in [7, 11) is 1.42. The SMILES string of the molecule is CCCC(=O)Oc1c(CSC)cc(C(=O)O)cc1OC. The zero-order valence-electron chi connectivity index (χ0n) is 11.8. The zero-order valence-corrected chi connectivity index (χ0v) is 12.6. The van der Waals surface area contributed by atoms with Crippen molar-refractivity contribution in [1.29, 1.82) is 0 Å². The number of hydrogen-bond acceptors (Lipinski definition) is 5. The van der Waals surface area contributed by atoms with Crippen LogP contribution in [0.3, 0.4) is 0 Å². The van der Waals surface area contributed by atoms with E-state index in [1.165, 1.54) is 31.0 Å². The maximum Gasteiger partial charge on any atom is 0.335 e. The van der Waals surface area contributed by atoms with E-state index in [1.54, 1.807) is 0 Å². The average Bonchev–Trinajstić information content (AvgIpc) is 2.40. The Kier molecular flexibility index (Phi) is 6.38. The van der Waals surface area contributed by atoms with E-state index in [1.807, 2.05) is 13.2 Å². The van der Waals surface area contributed by atoms with E-state index in [4.69, 9.17) is 14.6 Å². The molecule has 0 atom stereocenters. The fraction of sp³-hybridized carbons (Fsp3) is 0.429. The first-order chi connectivity index (χ1) is 9.53. The fourth-order valence-electron chi connectivity index (χ4n) is 1.68. The Bertz CT molecular complexity index is 499. The van der Waals surface area contributed by atoms with Gasteiger partial charge in [-0.05, 0) is 24.8 Å². The van der Waals surface area contributed by atoms with Crippen molar-refractivity contribution in [2.24, 2.45) is 0 Å². The normalized spacial score (nSPS) is 10.2. The molecule has 0 aliphatic rings. The maximum atomic E-state index is 11.7. The van der Waals surface area contributed by atoms with Crippen molar-refractivity contribution >= 4 is 23.7 Å². The lowest BCUT2D eigenvalue weighted by molar-refractivity contribution is -0.134. The molecule has 1 rings (SSSR count). The molecule has 20 heavy (non-hydrogen) atoms. The van der Waals surface area contributed by atoms with Gasteiger partial charge in [0.05, 0.1) is 12.7 Å². The molecule has 1 aromatic rings. The molecule has 0 fully saturated rings. The van der Waals surface area contributed by atoms with Crippen LogP contribution in [-0.2, 0) is 10.5 Å². The molecular weight excluding hydrogens is 280 g/mol. The molecule has 0 heterocycles. The highest BCUT2D eigenvalue weighted by molar-refractivity contribution is 7.97. The Morgan fingerprint density at radius 1 is 1.35 bits per heavy atom. The molecule has 0 unspecified atom stereocenters. The summed E-state index contributed by atoms with van der Waals surface area (Å²) in [4.78, 5) is 22.7. The minimum atomic E-state index is -1.04. The number of benzene rings is 1. The zero-order chi connectivity index (χ0) is 15.1. The second kappa shape index (κ2) is 7.79. The molecular formula is C14H18O5S. The van der Waals surface area contributed by atoms with Crippen LogP contribution in [0.15, 0.2) is 12.1 Å². The number of hydrogen-bond donors (Lipinski definition) is 1. The number of aromatic carboxylic acids is 1. The van der Waals surface area contributed by atoms with Gasteiger partial charge in [0.25, 0.3) is 0 Å². The van der Waals surface area contributed by atoms with E-state index in [0.29, 0.717) is 29.9 Å². The number of carbonyl (C=O) groups excluding carboxylic acids is 1.